The van der Waals surface area contributed by atoms with Crippen molar-refractivity contribution in [3.8, 4) is 0 Å². The van der Waals surface area contributed by atoms with E-state index in [1.54, 1.807) is 12.3 Å². The second-order valence-corrected chi connectivity index (χ2v) is 5.11. The van der Waals surface area contributed by atoms with Gasteiger partial charge in [-0.1, -0.05) is 19.1 Å². The lowest BCUT2D eigenvalue weighted by Gasteiger charge is -2.19. The fourth-order valence-electron chi connectivity index (χ4n) is 2.07. The van der Waals surface area contributed by atoms with Crippen LogP contribution in [0.4, 0.5) is 4.39 Å². The van der Waals surface area contributed by atoms with Crippen molar-refractivity contribution in [1.82, 2.24) is 15.2 Å². The number of aryl methyl sites for hydroxylation is 1. The van der Waals surface area contributed by atoms with Gasteiger partial charge in [0.15, 0.2) is 0 Å². The third kappa shape index (κ3) is 3.02. The molecular weight excluding hydrogens is 311 g/mol. The molecule has 0 aliphatic rings. The van der Waals surface area contributed by atoms with Crippen LogP contribution in [0.15, 0.2) is 34.9 Å². The SMILES string of the molecule is CCCn1ncc(Br)c1C(NN)c1cccc(F)c1. The van der Waals surface area contributed by atoms with Crippen molar-refractivity contribution in [3.05, 3.63) is 52.0 Å². The van der Waals surface area contributed by atoms with Crippen molar-refractivity contribution >= 4 is 15.9 Å². The zero-order valence-electron chi connectivity index (χ0n) is 10.6. The van der Waals surface area contributed by atoms with Gasteiger partial charge in [-0.05, 0) is 40.0 Å². The van der Waals surface area contributed by atoms with Crippen LogP contribution in [0.5, 0.6) is 0 Å². The lowest BCUT2D eigenvalue weighted by Crippen LogP contribution is -2.31. The van der Waals surface area contributed by atoms with E-state index in [0.717, 1.165) is 28.7 Å². The van der Waals surface area contributed by atoms with Gasteiger partial charge in [0.25, 0.3) is 0 Å². The average molecular weight is 327 g/mol. The van der Waals surface area contributed by atoms with Gasteiger partial charge in [0.05, 0.1) is 22.4 Å². The Hall–Kier alpha value is -1.24. The molecule has 4 nitrogen and oxygen atoms in total. The molecule has 0 aliphatic carbocycles. The van der Waals surface area contributed by atoms with Gasteiger partial charge in [-0.3, -0.25) is 10.5 Å². The maximum atomic E-state index is 13.4. The third-order valence-corrected chi connectivity index (χ3v) is 3.50. The minimum atomic E-state index is -0.306. The van der Waals surface area contributed by atoms with Gasteiger partial charge < -0.3 is 0 Å². The molecule has 0 bridgehead atoms. The van der Waals surface area contributed by atoms with E-state index in [0.29, 0.717) is 0 Å². The van der Waals surface area contributed by atoms with Gasteiger partial charge in [0.1, 0.15) is 5.82 Å². The smallest absolute Gasteiger partial charge is 0.123 e. The normalized spacial score (nSPS) is 12.6. The Bertz CT molecular complexity index is 555. The zero-order valence-corrected chi connectivity index (χ0v) is 12.2. The van der Waals surface area contributed by atoms with Crippen LogP contribution in [-0.4, -0.2) is 9.78 Å². The van der Waals surface area contributed by atoms with Gasteiger partial charge in [-0.15, -0.1) is 0 Å². The predicted octanol–water partition coefficient (Wildman–Crippen LogP) is 2.75. The number of hydrazine groups is 1. The van der Waals surface area contributed by atoms with Gasteiger partial charge >= 0.3 is 0 Å². The van der Waals surface area contributed by atoms with Crippen LogP contribution in [-0.2, 0) is 6.54 Å². The predicted molar refractivity (Wildman–Crippen MR) is 75.8 cm³/mol. The van der Waals surface area contributed by atoms with Crippen molar-refractivity contribution < 1.29 is 4.39 Å². The van der Waals surface area contributed by atoms with Crippen LogP contribution in [0.1, 0.15) is 30.6 Å². The molecule has 2 aromatic rings. The topological polar surface area (TPSA) is 55.9 Å². The number of nitrogens with two attached hydrogens (primary N) is 1. The number of rotatable bonds is 5. The summed E-state index contributed by atoms with van der Waals surface area (Å²) in [5, 5.41) is 4.30. The van der Waals surface area contributed by atoms with E-state index in [1.165, 1.54) is 12.1 Å². The minimum Gasteiger partial charge on any atom is -0.271 e. The quantitative estimate of drug-likeness (QED) is 0.656. The van der Waals surface area contributed by atoms with E-state index >= 15 is 0 Å². The molecule has 1 aromatic carbocycles. The molecule has 1 unspecified atom stereocenters. The average Bonchev–Trinajstić information content (AvgIpc) is 2.74. The first-order valence-electron chi connectivity index (χ1n) is 6.10. The lowest BCUT2D eigenvalue weighted by atomic mass is 10.0. The summed E-state index contributed by atoms with van der Waals surface area (Å²) < 4.78 is 16.1. The standard InChI is InChI=1S/C13H16BrFN4/c1-2-6-19-13(11(14)8-17-19)12(18-16)9-4-3-5-10(15)7-9/h3-5,7-8,12,18H,2,6,16H2,1H3. The van der Waals surface area contributed by atoms with E-state index in [1.807, 2.05) is 10.7 Å². The molecule has 3 N–H and O–H groups in total. The summed E-state index contributed by atoms with van der Waals surface area (Å²) in [6.07, 6.45) is 2.69. The molecule has 0 radical (unpaired) electrons. The van der Waals surface area contributed by atoms with Crippen molar-refractivity contribution in [2.45, 2.75) is 25.9 Å². The molecule has 0 spiro atoms. The largest absolute Gasteiger partial charge is 0.271 e. The molecule has 0 saturated carbocycles. The van der Waals surface area contributed by atoms with Crippen LogP contribution in [0, 0.1) is 5.82 Å². The third-order valence-electron chi connectivity index (χ3n) is 2.89. The summed E-state index contributed by atoms with van der Waals surface area (Å²) in [5.74, 6) is 5.36. The van der Waals surface area contributed by atoms with Crippen LogP contribution in [0.25, 0.3) is 0 Å². The Morgan fingerprint density at radius 2 is 2.32 bits per heavy atom. The second kappa shape index (κ2) is 6.27. The molecule has 1 atom stereocenters. The van der Waals surface area contributed by atoms with Gasteiger partial charge in [-0.25, -0.2) is 9.82 Å². The molecule has 6 heteroatoms. The lowest BCUT2D eigenvalue weighted by molar-refractivity contribution is 0.517. The van der Waals surface area contributed by atoms with Crippen molar-refractivity contribution in [3.63, 3.8) is 0 Å². The highest BCUT2D eigenvalue weighted by Gasteiger charge is 2.20. The van der Waals surface area contributed by atoms with Gasteiger partial charge in [0.2, 0.25) is 0 Å². The maximum Gasteiger partial charge on any atom is 0.123 e. The van der Waals surface area contributed by atoms with E-state index in [2.05, 4.69) is 33.4 Å². The molecule has 0 amide bonds. The second-order valence-electron chi connectivity index (χ2n) is 4.26. The molecule has 102 valence electrons. The summed E-state index contributed by atoms with van der Waals surface area (Å²) >= 11 is 3.47. The van der Waals surface area contributed by atoms with Crippen molar-refractivity contribution in [2.24, 2.45) is 5.84 Å². The first-order valence-corrected chi connectivity index (χ1v) is 6.89. The van der Waals surface area contributed by atoms with Gasteiger partial charge in [0, 0.05) is 6.54 Å². The number of aromatic nitrogens is 2. The number of benzene rings is 1. The maximum absolute atomic E-state index is 13.4. The van der Waals surface area contributed by atoms with E-state index in [4.69, 9.17) is 5.84 Å². The number of nitrogens with zero attached hydrogens (tertiary/aromatic N) is 2. The van der Waals surface area contributed by atoms with Crippen LogP contribution < -0.4 is 11.3 Å². The summed E-state index contributed by atoms with van der Waals surface area (Å²) in [6, 6.07) is 6.08. The monoisotopic (exact) mass is 326 g/mol. The van der Waals surface area contributed by atoms with E-state index in [9.17, 15) is 4.39 Å². The van der Waals surface area contributed by atoms with Crippen molar-refractivity contribution in [1.29, 1.82) is 0 Å². The number of nitrogens with one attached hydrogen (secondary N) is 1. The number of hydrogen-bond donors (Lipinski definition) is 2. The van der Waals surface area contributed by atoms with Crippen molar-refractivity contribution in [2.75, 3.05) is 0 Å². The van der Waals surface area contributed by atoms with E-state index in [-0.39, 0.29) is 11.9 Å². The molecule has 2 rings (SSSR count). The molecule has 1 aromatic heterocycles. The summed E-state index contributed by atoms with van der Waals surface area (Å²) in [7, 11) is 0. The Morgan fingerprint density at radius 1 is 1.53 bits per heavy atom. The minimum absolute atomic E-state index is 0.282. The van der Waals surface area contributed by atoms with Crippen LogP contribution in [0.3, 0.4) is 0 Å². The molecule has 0 aliphatic heterocycles. The summed E-state index contributed by atoms with van der Waals surface area (Å²) in [4.78, 5) is 0. The summed E-state index contributed by atoms with van der Waals surface area (Å²) in [5.41, 5.74) is 4.39. The number of halogens is 2. The van der Waals surface area contributed by atoms with Crippen LogP contribution >= 0.6 is 15.9 Å². The van der Waals surface area contributed by atoms with Crippen LogP contribution in [0.2, 0.25) is 0 Å². The Balaban J connectivity index is 2.44. The molecule has 19 heavy (non-hydrogen) atoms. The summed E-state index contributed by atoms with van der Waals surface area (Å²) in [6.45, 7) is 2.86. The Kier molecular flexibility index (Phi) is 4.68. The zero-order chi connectivity index (χ0) is 13.8. The van der Waals surface area contributed by atoms with Gasteiger partial charge in [-0.2, -0.15) is 5.10 Å². The van der Waals surface area contributed by atoms with E-state index < -0.39 is 0 Å². The highest BCUT2D eigenvalue weighted by atomic mass is 79.9. The Morgan fingerprint density at radius 3 is 2.95 bits per heavy atom. The highest BCUT2D eigenvalue weighted by molar-refractivity contribution is 9.10. The Labute approximate surface area is 119 Å². The highest BCUT2D eigenvalue weighted by Crippen LogP contribution is 2.28. The fourth-order valence-corrected chi connectivity index (χ4v) is 2.59. The number of hydrogen-bond acceptors (Lipinski definition) is 3. The molecule has 0 fully saturated rings. The first kappa shape index (κ1) is 14.2. The first-order chi connectivity index (χ1) is 9.17. The fraction of sp³-hybridized carbons (Fsp3) is 0.308. The molecular formula is C13H16BrFN4. The molecule has 0 saturated heterocycles. The molecule has 1 heterocycles.